The fourth-order valence-corrected chi connectivity index (χ4v) is 7.91. The summed E-state index contributed by atoms with van der Waals surface area (Å²) in [5, 5.41) is 23.0. The molecule has 5 unspecified atom stereocenters. The first-order valence-corrected chi connectivity index (χ1v) is 12.0. The maximum Gasteiger partial charge on any atom is 0.254 e. The quantitative estimate of drug-likeness (QED) is 0.764. The van der Waals surface area contributed by atoms with E-state index in [9.17, 15) is 15.0 Å². The number of rotatable bonds is 2. The van der Waals surface area contributed by atoms with Crippen molar-refractivity contribution in [2.75, 3.05) is 13.1 Å². The van der Waals surface area contributed by atoms with E-state index in [1.54, 1.807) is 6.07 Å². The smallest absolute Gasteiger partial charge is 0.254 e. The molecule has 2 saturated heterocycles. The van der Waals surface area contributed by atoms with Crippen LogP contribution in [-0.2, 0) is 11.8 Å². The standard InChI is InChI=1S/C27H32N2O3/c1-17(2)28-13-11-26-21-10-12-29(25(31)18-6-4-3-5-7-18)23(21)16-27(26,32)24(28)14-19-8-9-20(30)15-22(19)26/h3-9,15,17,21,23-24,30,32H,10-14,16H2,1-2H3. The summed E-state index contributed by atoms with van der Waals surface area (Å²) < 4.78 is 0. The molecule has 2 aromatic carbocycles. The second-order valence-electron chi connectivity index (χ2n) is 10.6. The maximum absolute atomic E-state index is 13.5. The fraction of sp³-hybridized carbons (Fsp3) is 0.519. The number of aromatic hydroxyl groups is 1. The number of phenolic OH excluding ortho intramolecular Hbond substituents is 1. The van der Waals surface area contributed by atoms with Crippen LogP contribution in [-0.4, -0.2) is 62.7 Å². The van der Waals surface area contributed by atoms with Crippen molar-refractivity contribution < 1.29 is 15.0 Å². The molecule has 1 saturated carbocycles. The van der Waals surface area contributed by atoms with Crippen LogP contribution in [0.4, 0.5) is 0 Å². The third-order valence-corrected chi connectivity index (χ3v) is 9.12. The number of likely N-dealkylation sites (tertiary alicyclic amines) is 2. The van der Waals surface area contributed by atoms with Gasteiger partial charge in [-0.05, 0) is 87.4 Å². The molecule has 5 nitrogen and oxygen atoms in total. The number of benzene rings is 2. The van der Waals surface area contributed by atoms with Crippen molar-refractivity contribution in [3.05, 3.63) is 65.2 Å². The normalized spacial score (nSPS) is 35.5. The second kappa shape index (κ2) is 6.82. The average Bonchev–Trinajstić information content (AvgIpc) is 3.29. The zero-order valence-corrected chi connectivity index (χ0v) is 18.9. The van der Waals surface area contributed by atoms with E-state index >= 15 is 0 Å². The highest BCUT2D eigenvalue weighted by atomic mass is 16.3. The van der Waals surface area contributed by atoms with Gasteiger partial charge in [-0.25, -0.2) is 0 Å². The monoisotopic (exact) mass is 432 g/mol. The Morgan fingerprint density at radius 2 is 1.91 bits per heavy atom. The van der Waals surface area contributed by atoms with Gasteiger partial charge in [-0.15, -0.1) is 0 Å². The molecule has 5 atom stereocenters. The molecule has 32 heavy (non-hydrogen) atoms. The molecule has 2 heterocycles. The van der Waals surface area contributed by atoms with Crippen molar-refractivity contribution in [1.29, 1.82) is 0 Å². The molecule has 2 aliphatic carbocycles. The topological polar surface area (TPSA) is 64.0 Å². The SMILES string of the molecule is CC(C)N1CCC23c4cc(O)ccc4CC1C2(O)CC1C3CCN1C(=O)c1ccccc1. The highest BCUT2D eigenvalue weighted by molar-refractivity contribution is 5.94. The summed E-state index contributed by atoms with van der Waals surface area (Å²) in [6, 6.07) is 15.7. The summed E-state index contributed by atoms with van der Waals surface area (Å²) in [5.74, 6) is 0.546. The van der Waals surface area contributed by atoms with Crippen LogP contribution in [0.1, 0.15) is 54.6 Å². The van der Waals surface area contributed by atoms with Crippen molar-refractivity contribution in [1.82, 2.24) is 9.80 Å². The molecule has 5 heteroatoms. The van der Waals surface area contributed by atoms with Crippen LogP contribution in [0.25, 0.3) is 0 Å². The van der Waals surface area contributed by atoms with Gasteiger partial charge in [0.2, 0.25) is 0 Å². The van der Waals surface area contributed by atoms with Gasteiger partial charge < -0.3 is 15.1 Å². The number of hydrogen-bond acceptors (Lipinski definition) is 4. The van der Waals surface area contributed by atoms with Crippen LogP contribution in [0, 0.1) is 5.92 Å². The second-order valence-corrected chi connectivity index (χ2v) is 10.6. The summed E-state index contributed by atoms with van der Waals surface area (Å²) in [7, 11) is 0. The first-order valence-electron chi connectivity index (χ1n) is 12.0. The van der Waals surface area contributed by atoms with Gasteiger partial charge >= 0.3 is 0 Å². The molecule has 0 radical (unpaired) electrons. The van der Waals surface area contributed by atoms with Crippen LogP contribution in [0.3, 0.4) is 0 Å². The molecule has 168 valence electrons. The molecule has 1 amide bonds. The first-order chi connectivity index (χ1) is 15.4. The minimum absolute atomic E-state index is 0.0237. The van der Waals surface area contributed by atoms with Gasteiger partial charge in [-0.2, -0.15) is 0 Å². The summed E-state index contributed by atoms with van der Waals surface area (Å²) in [6.07, 6.45) is 3.16. The number of piperidine rings is 1. The molecule has 2 aromatic rings. The Kier molecular flexibility index (Phi) is 4.31. The molecular formula is C27H32N2O3. The van der Waals surface area contributed by atoms with Gasteiger partial charge in [-0.1, -0.05) is 24.3 Å². The fourth-order valence-electron chi connectivity index (χ4n) is 7.91. The van der Waals surface area contributed by atoms with Gasteiger partial charge in [0.15, 0.2) is 0 Å². The van der Waals surface area contributed by atoms with Crippen molar-refractivity contribution >= 4 is 5.91 Å². The summed E-state index contributed by atoms with van der Waals surface area (Å²) in [5.41, 5.74) is 1.78. The van der Waals surface area contributed by atoms with Crippen LogP contribution in [0.5, 0.6) is 5.75 Å². The number of amides is 1. The highest BCUT2D eigenvalue weighted by Crippen LogP contribution is 2.65. The number of aliphatic hydroxyl groups is 1. The molecule has 2 bridgehead atoms. The molecule has 2 aliphatic heterocycles. The number of carbonyl (C=O) groups is 1. The van der Waals surface area contributed by atoms with Gasteiger partial charge in [0, 0.05) is 35.6 Å². The van der Waals surface area contributed by atoms with Crippen molar-refractivity contribution in [2.24, 2.45) is 5.92 Å². The Bertz CT molecular complexity index is 1070. The van der Waals surface area contributed by atoms with E-state index < -0.39 is 11.0 Å². The van der Waals surface area contributed by atoms with E-state index in [0.29, 0.717) is 12.5 Å². The lowest BCUT2D eigenvalue weighted by molar-refractivity contribution is -0.147. The van der Waals surface area contributed by atoms with Crippen LogP contribution >= 0.6 is 0 Å². The first kappa shape index (κ1) is 20.3. The lowest BCUT2D eigenvalue weighted by atomic mass is 9.53. The largest absolute Gasteiger partial charge is 0.508 e. The Morgan fingerprint density at radius 1 is 1.12 bits per heavy atom. The maximum atomic E-state index is 13.5. The van der Waals surface area contributed by atoms with Gasteiger partial charge in [0.05, 0.1) is 5.60 Å². The lowest BCUT2D eigenvalue weighted by Gasteiger charge is -2.61. The van der Waals surface area contributed by atoms with E-state index in [-0.39, 0.29) is 29.7 Å². The van der Waals surface area contributed by atoms with E-state index in [4.69, 9.17) is 0 Å². The Morgan fingerprint density at radius 3 is 2.66 bits per heavy atom. The van der Waals surface area contributed by atoms with Crippen molar-refractivity contribution in [3.63, 3.8) is 0 Å². The third-order valence-electron chi connectivity index (χ3n) is 9.12. The zero-order valence-electron chi connectivity index (χ0n) is 18.9. The molecule has 4 aliphatic rings. The summed E-state index contributed by atoms with van der Waals surface area (Å²) in [6.45, 7) is 6.09. The number of carbonyl (C=O) groups excluding carboxylic acids is 1. The Hall–Kier alpha value is -2.37. The van der Waals surface area contributed by atoms with E-state index in [2.05, 4.69) is 24.8 Å². The van der Waals surface area contributed by atoms with Gasteiger partial charge in [0.25, 0.3) is 5.91 Å². The highest BCUT2D eigenvalue weighted by Gasteiger charge is 2.73. The minimum atomic E-state index is -0.902. The Labute approximate surface area is 189 Å². The predicted molar refractivity (Wildman–Crippen MR) is 123 cm³/mol. The van der Waals surface area contributed by atoms with Gasteiger partial charge in [0.1, 0.15) is 5.75 Å². The van der Waals surface area contributed by atoms with E-state index in [0.717, 1.165) is 43.5 Å². The number of fused-ring (bicyclic) bond motifs is 2. The molecule has 6 rings (SSSR count). The number of nitrogens with zero attached hydrogens (tertiary/aromatic N) is 2. The third kappa shape index (κ3) is 2.44. The average molecular weight is 433 g/mol. The molecule has 2 N–H and O–H groups in total. The molecule has 0 spiro atoms. The van der Waals surface area contributed by atoms with Gasteiger partial charge in [-0.3, -0.25) is 9.69 Å². The molecular weight excluding hydrogens is 400 g/mol. The summed E-state index contributed by atoms with van der Waals surface area (Å²) in [4.78, 5) is 18.0. The number of phenols is 1. The summed E-state index contributed by atoms with van der Waals surface area (Å²) >= 11 is 0. The zero-order chi connectivity index (χ0) is 22.3. The van der Waals surface area contributed by atoms with Crippen LogP contribution in [0.2, 0.25) is 0 Å². The van der Waals surface area contributed by atoms with E-state index in [1.807, 2.05) is 41.3 Å². The minimum Gasteiger partial charge on any atom is -0.508 e. The lowest BCUT2D eigenvalue weighted by Crippen LogP contribution is -2.71. The van der Waals surface area contributed by atoms with Crippen molar-refractivity contribution in [3.8, 4) is 5.75 Å². The molecule has 0 aromatic heterocycles. The van der Waals surface area contributed by atoms with Crippen LogP contribution in [0.15, 0.2) is 48.5 Å². The predicted octanol–water partition coefficient (Wildman–Crippen LogP) is 3.33. The van der Waals surface area contributed by atoms with E-state index in [1.165, 1.54) is 5.56 Å². The molecule has 3 fully saturated rings. The van der Waals surface area contributed by atoms with Crippen molar-refractivity contribution in [2.45, 2.75) is 68.7 Å². The Balaban J connectivity index is 1.48. The van der Waals surface area contributed by atoms with Crippen LogP contribution < -0.4 is 0 Å². The number of hydrogen-bond donors (Lipinski definition) is 2.